The standard InChI is InChI=1S/C18H22O4/c1-21-16(20)6-7-17-8-10-18(11-9-17,22-13-17)15-4-2-14(12-19)3-5-15/h2-5,12H,6-11,13H2,1H3. The highest BCUT2D eigenvalue weighted by Crippen LogP contribution is 2.55. The van der Waals surface area contributed by atoms with Gasteiger partial charge in [0, 0.05) is 12.0 Å². The summed E-state index contributed by atoms with van der Waals surface area (Å²) in [6.45, 7) is 0.708. The van der Waals surface area contributed by atoms with Gasteiger partial charge >= 0.3 is 5.97 Å². The van der Waals surface area contributed by atoms with Crippen molar-refractivity contribution in [1.82, 2.24) is 0 Å². The van der Waals surface area contributed by atoms with Gasteiger partial charge in [0.2, 0.25) is 0 Å². The predicted octanol–water partition coefficient (Wildman–Crippen LogP) is 3.24. The highest BCUT2D eigenvalue weighted by molar-refractivity contribution is 5.74. The van der Waals surface area contributed by atoms with E-state index < -0.39 is 0 Å². The fourth-order valence-electron chi connectivity index (χ4n) is 3.79. The van der Waals surface area contributed by atoms with E-state index in [1.54, 1.807) is 0 Å². The smallest absolute Gasteiger partial charge is 0.305 e. The molecule has 0 spiro atoms. The molecule has 0 radical (unpaired) electrons. The van der Waals surface area contributed by atoms with Crippen molar-refractivity contribution in [2.24, 2.45) is 5.41 Å². The molecular weight excluding hydrogens is 280 g/mol. The number of fused-ring (bicyclic) bond motifs is 3. The summed E-state index contributed by atoms with van der Waals surface area (Å²) in [5, 5.41) is 0. The Morgan fingerprint density at radius 2 is 1.91 bits per heavy atom. The molecule has 2 bridgehead atoms. The Hall–Kier alpha value is -1.68. The Morgan fingerprint density at radius 3 is 2.41 bits per heavy atom. The minimum atomic E-state index is -0.200. The second kappa shape index (κ2) is 5.84. The van der Waals surface area contributed by atoms with Crippen LogP contribution in [0.3, 0.4) is 0 Å². The molecule has 0 atom stereocenters. The summed E-state index contributed by atoms with van der Waals surface area (Å²) < 4.78 is 11.0. The van der Waals surface area contributed by atoms with E-state index in [0.29, 0.717) is 18.6 Å². The number of ether oxygens (including phenoxy) is 2. The van der Waals surface area contributed by atoms with Crippen LogP contribution in [0.5, 0.6) is 0 Å². The second-order valence-electron chi connectivity index (χ2n) is 6.60. The third-order valence-corrected chi connectivity index (χ3v) is 5.43. The van der Waals surface area contributed by atoms with Crippen molar-refractivity contribution in [2.45, 2.75) is 44.1 Å². The molecule has 1 saturated carbocycles. The average Bonchev–Trinajstić information content (AvgIpc) is 2.61. The van der Waals surface area contributed by atoms with Gasteiger partial charge in [-0.3, -0.25) is 9.59 Å². The fraction of sp³-hybridized carbons (Fsp3) is 0.556. The van der Waals surface area contributed by atoms with E-state index in [1.165, 1.54) is 12.7 Å². The van der Waals surface area contributed by atoms with Gasteiger partial charge in [-0.25, -0.2) is 0 Å². The zero-order valence-corrected chi connectivity index (χ0v) is 13.0. The number of carbonyl (C=O) groups is 2. The van der Waals surface area contributed by atoms with Gasteiger partial charge in [-0.2, -0.15) is 0 Å². The molecule has 0 unspecified atom stereocenters. The van der Waals surface area contributed by atoms with Crippen molar-refractivity contribution < 1.29 is 19.1 Å². The summed E-state index contributed by atoms with van der Waals surface area (Å²) in [5.74, 6) is -0.138. The molecule has 3 aliphatic rings. The number of methoxy groups -OCH3 is 1. The van der Waals surface area contributed by atoms with Crippen LogP contribution in [-0.2, 0) is 19.9 Å². The first-order chi connectivity index (χ1) is 10.6. The molecule has 2 heterocycles. The second-order valence-corrected chi connectivity index (χ2v) is 6.60. The lowest BCUT2D eigenvalue weighted by Gasteiger charge is -2.53. The Labute approximate surface area is 130 Å². The van der Waals surface area contributed by atoms with E-state index in [4.69, 9.17) is 9.47 Å². The first kappa shape index (κ1) is 15.2. The van der Waals surface area contributed by atoms with Gasteiger partial charge < -0.3 is 9.47 Å². The molecule has 22 heavy (non-hydrogen) atoms. The van der Waals surface area contributed by atoms with Crippen LogP contribution in [0.1, 0.15) is 54.4 Å². The minimum absolute atomic E-state index is 0.138. The maximum Gasteiger partial charge on any atom is 0.305 e. The first-order valence-corrected chi connectivity index (χ1v) is 7.88. The quantitative estimate of drug-likeness (QED) is 0.619. The molecule has 1 aliphatic carbocycles. The lowest BCUT2D eigenvalue weighted by atomic mass is 9.62. The Kier molecular flexibility index (Phi) is 4.04. The van der Waals surface area contributed by atoms with E-state index in [1.807, 2.05) is 24.3 Å². The topological polar surface area (TPSA) is 52.6 Å². The number of rotatable bonds is 5. The molecule has 1 aromatic carbocycles. The molecule has 4 heteroatoms. The van der Waals surface area contributed by atoms with Gasteiger partial charge in [0.15, 0.2) is 0 Å². The van der Waals surface area contributed by atoms with Crippen molar-refractivity contribution in [2.75, 3.05) is 13.7 Å². The normalized spacial score (nSPS) is 30.0. The lowest BCUT2D eigenvalue weighted by Crippen LogP contribution is -2.49. The maximum absolute atomic E-state index is 11.4. The van der Waals surface area contributed by atoms with E-state index in [9.17, 15) is 9.59 Å². The molecule has 2 saturated heterocycles. The van der Waals surface area contributed by atoms with Gasteiger partial charge in [-0.1, -0.05) is 24.3 Å². The van der Waals surface area contributed by atoms with Gasteiger partial charge in [-0.05, 0) is 43.1 Å². The predicted molar refractivity (Wildman–Crippen MR) is 81.6 cm³/mol. The summed E-state index contributed by atoms with van der Waals surface area (Å²) >= 11 is 0. The third kappa shape index (κ3) is 2.68. The molecular formula is C18H22O4. The average molecular weight is 302 g/mol. The third-order valence-electron chi connectivity index (χ3n) is 5.43. The molecule has 1 aromatic rings. The van der Waals surface area contributed by atoms with Crippen LogP contribution in [0.2, 0.25) is 0 Å². The number of carbonyl (C=O) groups excluding carboxylic acids is 2. The summed E-state index contributed by atoms with van der Waals surface area (Å²) in [7, 11) is 1.44. The molecule has 118 valence electrons. The Morgan fingerprint density at radius 1 is 1.23 bits per heavy atom. The Bertz CT molecular complexity index is 536. The number of hydrogen-bond acceptors (Lipinski definition) is 4. The van der Waals surface area contributed by atoms with Gasteiger partial charge in [-0.15, -0.1) is 0 Å². The molecule has 0 N–H and O–H groups in total. The molecule has 0 aromatic heterocycles. The van der Waals surface area contributed by atoms with Crippen LogP contribution >= 0.6 is 0 Å². The van der Waals surface area contributed by atoms with E-state index >= 15 is 0 Å². The van der Waals surface area contributed by atoms with Gasteiger partial charge in [0.1, 0.15) is 6.29 Å². The van der Waals surface area contributed by atoms with Gasteiger partial charge in [0.05, 0.1) is 19.3 Å². The molecule has 3 fully saturated rings. The number of benzene rings is 1. The lowest BCUT2D eigenvalue weighted by molar-refractivity contribution is -0.192. The number of aldehydes is 1. The van der Waals surface area contributed by atoms with Crippen LogP contribution < -0.4 is 0 Å². The van der Waals surface area contributed by atoms with Crippen LogP contribution in [0.15, 0.2) is 24.3 Å². The SMILES string of the molecule is COC(=O)CCC12CCC(c3ccc(C=O)cc3)(CC1)OC2. The minimum Gasteiger partial charge on any atom is -0.469 e. The van der Waals surface area contributed by atoms with Crippen molar-refractivity contribution >= 4 is 12.3 Å². The molecule has 0 amide bonds. The molecule has 2 aliphatic heterocycles. The molecule has 4 rings (SSSR count). The number of hydrogen-bond donors (Lipinski definition) is 0. The largest absolute Gasteiger partial charge is 0.469 e. The van der Waals surface area contributed by atoms with Crippen molar-refractivity contribution in [3.63, 3.8) is 0 Å². The van der Waals surface area contributed by atoms with Crippen LogP contribution in [-0.4, -0.2) is 26.0 Å². The first-order valence-electron chi connectivity index (χ1n) is 7.88. The summed E-state index contributed by atoms with van der Waals surface area (Å²) in [5.41, 5.74) is 1.80. The van der Waals surface area contributed by atoms with Crippen molar-refractivity contribution in [3.05, 3.63) is 35.4 Å². The van der Waals surface area contributed by atoms with Crippen molar-refractivity contribution in [1.29, 1.82) is 0 Å². The van der Waals surface area contributed by atoms with Crippen LogP contribution in [0, 0.1) is 5.41 Å². The number of esters is 1. The zero-order chi connectivity index (χ0) is 15.6. The zero-order valence-electron chi connectivity index (χ0n) is 13.0. The van der Waals surface area contributed by atoms with Crippen molar-refractivity contribution in [3.8, 4) is 0 Å². The summed E-state index contributed by atoms with van der Waals surface area (Å²) in [6, 6.07) is 7.73. The Balaban J connectivity index is 1.69. The monoisotopic (exact) mass is 302 g/mol. The molecule has 4 nitrogen and oxygen atoms in total. The fourth-order valence-corrected chi connectivity index (χ4v) is 3.79. The van der Waals surface area contributed by atoms with E-state index in [-0.39, 0.29) is 17.0 Å². The van der Waals surface area contributed by atoms with E-state index in [0.717, 1.165) is 38.4 Å². The van der Waals surface area contributed by atoms with Crippen LogP contribution in [0.25, 0.3) is 0 Å². The summed E-state index contributed by atoms with van der Waals surface area (Å²) in [6.07, 6.45) is 6.31. The highest BCUT2D eigenvalue weighted by Gasteiger charge is 2.50. The highest BCUT2D eigenvalue weighted by atomic mass is 16.5. The van der Waals surface area contributed by atoms with Crippen LogP contribution in [0.4, 0.5) is 0 Å². The van der Waals surface area contributed by atoms with E-state index in [2.05, 4.69) is 0 Å². The summed E-state index contributed by atoms with van der Waals surface area (Å²) in [4.78, 5) is 22.2. The maximum atomic E-state index is 11.4. The van der Waals surface area contributed by atoms with Gasteiger partial charge in [0.25, 0.3) is 0 Å².